The van der Waals surface area contributed by atoms with Crippen molar-refractivity contribution in [2.45, 2.75) is 32.6 Å². The van der Waals surface area contributed by atoms with Gasteiger partial charge in [0.2, 0.25) is 11.8 Å². The number of rotatable bonds is 9. The summed E-state index contributed by atoms with van der Waals surface area (Å²) in [6.07, 6.45) is 2.07. The first kappa shape index (κ1) is 23.0. The Hall–Kier alpha value is -2.28. The van der Waals surface area contributed by atoms with Crippen molar-refractivity contribution in [3.05, 3.63) is 29.3 Å². The lowest BCUT2D eigenvalue weighted by Crippen LogP contribution is -2.45. The van der Waals surface area contributed by atoms with E-state index in [4.69, 9.17) is 21.1 Å². The van der Waals surface area contributed by atoms with Crippen LogP contribution in [0, 0.1) is 5.92 Å². The molecule has 0 aliphatic carbocycles. The fourth-order valence-electron chi connectivity index (χ4n) is 3.15. The van der Waals surface area contributed by atoms with Crippen molar-refractivity contribution in [1.82, 2.24) is 9.80 Å². The molecule has 1 aromatic carbocycles. The number of hydrogen-bond donors (Lipinski definition) is 0. The van der Waals surface area contributed by atoms with Crippen molar-refractivity contribution in [3.8, 4) is 5.75 Å². The lowest BCUT2D eigenvalue weighted by molar-refractivity contribution is -0.151. The van der Waals surface area contributed by atoms with Gasteiger partial charge in [-0.15, -0.1) is 0 Å². The van der Waals surface area contributed by atoms with Crippen LogP contribution in [0.1, 0.15) is 32.6 Å². The largest absolute Gasteiger partial charge is 0.494 e. The number of ether oxygens (including phenoxy) is 2. The van der Waals surface area contributed by atoms with Crippen molar-refractivity contribution in [1.29, 1.82) is 0 Å². The van der Waals surface area contributed by atoms with Crippen LogP contribution in [0.4, 0.5) is 0 Å². The molecule has 29 heavy (non-hydrogen) atoms. The van der Waals surface area contributed by atoms with Crippen LogP contribution >= 0.6 is 11.6 Å². The SMILES string of the molecule is CCOC(=O)C1CCN(C(=O)CN(C)C(=O)CCCOc2ccc(Cl)cc2)CC1. The van der Waals surface area contributed by atoms with Gasteiger partial charge in [0.15, 0.2) is 0 Å². The molecule has 0 N–H and O–H groups in total. The number of halogens is 1. The zero-order chi connectivity index (χ0) is 21.2. The fraction of sp³-hybridized carbons (Fsp3) is 0.571. The predicted molar refractivity (Wildman–Crippen MR) is 110 cm³/mol. The Labute approximate surface area is 176 Å². The summed E-state index contributed by atoms with van der Waals surface area (Å²) in [6, 6.07) is 7.05. The Kier molecular flexibility index (Phi) is 9.25. The van der Waals surface area contributed by atoms with E-state index in [9.17, 15) is 14.4 Å². The zero-order valence-corrected chi connectivity index (χ0v) is 17.8. The molecule has 7 nitrogen and oxygen atoms in total. The van der Waals surface area contributed by atoms with E-state index in [1.165, 1.54) is 4.90 Å². The topological polar surface area (TPSA) is 76.2 Å². The number of hydrogen-bond acceptors (Lipinski definition) is 5. The number of amides is 2. The number of likely N-dealkylation sites (tertiary alicyclic amines) is 1. The lowest BCUT2D eigenvalue weighted by Gasteiger charge is -2.32. The number of benzene rings is 1. The van der Waals surface area contributed by atoms with Gasteiger partial charge < -0.3 is 19.3 Å². The highest BCUT2D eigenvalue weighted by molar-refractivity contribution is 6.30. The van der Waals surface area contributed by atoms with E-state index >= 15 is 0 Å². The van der Waals surface area contributed by atoms with E-state index in [1.54, 1.807) is 43.1 Å². The first-order valence-electron chi connectivity index (χ1n) is 9.97. The zero-order valence-electron chi connectivity index (χ0n) is 17.1. The van der Waals surface area contributed by atoms with E-state index in [-0.39, 0.29) is 30.2 Å². The second-order valence-corrected chi connectivity index (χ2v) is 7.50. The van der Waals surface area contributed by atoms with Crippen LogP contribution in [0.3, 0.4) is 0 Å². The third kappa shape index (κ3) is 7.57. The Balaban J connectivity index is 1.65. The van der Waals surface area contributed by atoms with E-state index in [0.717, 1.165) is 0 Å². The first-order valence-corrected chi connectivity index (χ1v) is 10.3. The molecule has 2 amide bonds. The highest BCUT2D eigenvalue weighted by Gasteiger charge is 2.28. The molecule has 1 aromatic rings. The average Bonchev–Trinajstić information content (AvgIpc) is 2.72. The van der Waals surface area contributed by atoms with E-state index < -0.39 is 0 Å². The summed E-state index contributed by atoms with van der Waals surface area (Å²) in [5.41, 5.74) is 0. The summed E-state index contributed by atoms with van der Waals surface area (Å²) in [4.78, 5) is 39.6. The number of piperidine rings is 1. The molecule has 0 radical (unpaired) electrons. The molecule has 0 aromatic heterocycles. The predicted octanol–water partition coefficient (Wildman–Crippen LogP) is 2.76. The Morgan fingerprint density at radius 3 is 2.45 bits per heavy atom. The van der Waals surface area contributed by atoms with Crippen molar-refractivity contribution in [2.75, 3.05) is 39.9 Å². The van der Waals surface area contributed by atoms with Gasteiger partial charge in [0.25, 0.3) is 0 Å². The molecule has 0 unspecified atom stereocenters. The van der Waals surface area contributed by atoms with Crippen molar-refractivity contribution in [3.63, 3.8) is 0 Å². The van der Waals surface area contributed by atoms with Gasteiger partial charge in [-0.1, -0.05) is 11.6 Å². The van der Waals surface area contributed by atoms with Crippen LogP contribution < -0.4 is 4.74 Å². The van der Waals surface area contributed by atoms with Crippen LogP contribution in [0.15, 0.2) is 24.3 Å². The van der Waals surface area contributed by atoms with Crippen molar-refractivity contribution >= 4 is 29.4 Å². The van der Waals surface area contributed by atoms with Gasteiger partial charge in [0.05, 0.1) is 25.7 Å². The van der Waals surface area contributed by atoms with Crippen molar-refractivity contribution < 1.29 is 23.9 Å². The van der Waals surface area contributed by atoms with Crippen LogP contribution in [0.2, 0.25) is 5.02 Å². The van der Waals surface area contributed by atoms with E-state index in [0.29, 0.717) is 62.8 Å². The number of carbonyl (C=O) groups is 3. The van der Waals surface area contributed by atoms with Crippen molar-refractivity contribution in [2.24, 2.45) is 5.92 Å². The van der Waals surface area contributed by atoms with Gasteiger partial charge in [-0.25, -0.2) is 0 Å². The maximum absolute atomic E-state index is 12.4. The molecule has 1 heterocycles. The van der Waals surface area contributed by atoms with Crippen LogP contribution in [-0.2, 0) is 19.1 Å². The molecular formula is C21H29ClN2O5. The lowest BCUT2D eigenvalue weighted by atomic mass is 9.97. The first-order chi connectivity index (χ1) is 13.9. The Bertz CT molecular complexity index is 687. The van der Waals surface area contributed by atoms with Crippen LogP contribution in [0.25, 0.3) is 0 Å². The standard InChI is InChI=1S/C21H29ClN2O5/c1-3-28-21(27)16-10-12-24(13-11-16)20(26)15-23(2)19(25)5-4-14-29-18-8-6-17(22)7-9-18/h6-9,16H,3-5,10-15H2,1-2H3. The quantitative estimate of drug-likeness (QED) is 0.450. The van der Waals surface area contributed by atoms with Gasteiger partial charge >= 0.3 is 5.97 Å². The molecular weight excluding hydrogens is 396 g/mol. The smallest absolute Gasteiger partial charge is 0.309 e. The minimum atomic E-state index is -0.187. The maximum Gasteiger partial charge on any atom is 0.309 e. The van der Waals surface area contributed by atoms with Gasteiger partial charge in [0.1, 0.15) is 5.75 Å². The monoisotopic (exact) mass is 424 g/mol. The summed E-state index contributed by atoms with van der Waals surface area (Å²) in [5, 5.41) is 0.643. The molecule has 1 aliphatic heterocycles. The molecule has 8 heteroatoms. The second-order valence-electron chi connectivity index (χ2n) is 7.06. The number of carbonyl (C=O) groups excluding carboxylic acids is 3. The number of esters is 1. The normalized spacial score (nSPS) is 14.4. The summed E-state index contributed by atoms with van der Waals surface area (Å²) < 4.78 is 10.6. The third-order valence-corrected chi connectivity index (χ3v) is 5.14. The summed E-state index contributed by atoms with van der Waals surface area (Å²) in [7, 11) is 1.63. The van der Waals surface area contributed by atoms with Gasteiger partial charge in [0, 0.05) is 31.6 Å². The minimum absolute atomic E-state index is 0.0426. The third-order valence-electron chi connectivity index (χ3n) is 4.88. The molecule has 1 fully saturated rings. The Morgan fingerprint density at radius 2 is 1.83 bits per heavy atom. The molecule has 0 atom stereocenters. The van der Waals surface area contributed by atoms with E-state index in [2.05, 4.69) is 0 Å². The molecule has 1 saturated heterocycles. The second kappa shape index (κ2) is 11.7. The summed E-state index contributed by atoms with van der Waals surface area (Å²) in [6.45, 7) is 3.64. The fourth-order valence-corrected chi connectivity index (χ4v) is 3.28. The number of nitrogens with zero attached hydrogens (tertiary/aromatic N) is 2. The summed E-state index contributed by atoms with van der Waals surface area (Å²) >= 11 is 5.82. The molecule has 160 valence electrons. The van der Waals surface area contributed by atoms with Crippen LogP contribution in [0.5, 0.6) is 5.75 Å². The summed E-state index contributed by atoms with van der Waals surface area (Å²) in [5.74, 6) is 0.184. The van der Waals surface area contributed by atoms with E-state index in [1.807, 2.05) is 0 Å². The minimum Gasteiger partial charge on any atom is -0.494 e. The molecule has 1 aliphatic rings. The average molecular weight is 425 g/mol. The van der Waals surface area contributed by atoms with Crippen LogP contribution in [-0.4, -0.2) is 67.5 Å². The Morgan fingerprint density at radius 1 is 1.17 bits per heavy atom. The molecule has 2 rings (SSSR count). The number of likely N-dealkylation sites (N-methyl/N-ethyl adjacent to an activating group) is 1. The maximum atomic E-state index is 12.4. The molecule has 0 spiro atoms. The van der Waals surface area contributed by atoms with Gasteiger partial charge in [-0.3, -0.25) is 14.4 Å². The highest BCUT2D eigenvalue weighted by atomic mass is 35.5. The van der Waals surface area contributed by atoms with Gasteiger partial charge in [-0.05, 0) is 50.5 Å². The molecule has 0 bridgehead atoms. The molecule has 0 saturated carbocycles. The van der Waals surface area contributed by atoms with Gasteiger partial charge in [-0.2, -0.15) is 0 Å². The highest BCUT2D eigenvalue weighted by Crippen LogP contribution is 2.19.